The topological polar surface area (TPSA) is 121 Å². The minimum absolute atomic E-state index is 0.0653. The van der Waals surface area contributed by atoms with E-state index in [2.05, 4.69) is 10.3 Å². The first-order chi connectivity index (χ1) is 12.0. The average molecular weight is 365 g/mol. The normalized spacial score (nSPS) is 12.0. The van der Waals surface area contributed by atoms with Crippen LogP contribution in [0.2, 0.25) is 0 Å². The Morgan fingerprint density at radius 2 is 2.04 bits per heavy atom. The van der Waals surface area contributed by atoms with Crippen LogP contribution >= 0.6 is 11.8 Å². The molecule has 0 saturated carbocycles. The molecule has 1 aromatic carbocycles. The number of amides is 1. The Balaban J connectivity index is 2.42. The van der Waals surface area contributed by atoms with E-state index in [-0.39, 0.29) is 19.4 Å². The minimum Gasteiger partial charge on any atom is -0.481 e. The van der Waals surface area contributed by atoms with Crippen molar-refractivity contribution in [3.05, 3.63) is 45.1 Å². The SMILES string of the molecule is CSCC[C@@H](C(=O)NCCC(=O)O)n1c(=O)[nH]c2ccccc2c1=O. The molecule has 1 amide bonds. The standard InChI is InChI=1S/C16H19N3O5S/c1-25-9-7-12(14(22)17-8-6-13(20)21)19-15(23)10-4-2-3-5-11(10)18-16(19)24/h2-5,12H,6-9H2,1H3,(H,17,22)(H,18,24)(H,20,21)/t12-/m0/s1. The van der Waals surface area contributed by atoms with Gasteiger partial charge in [-0.15, -0.1) is 0 Å². The van der Waals surface area contributed by atoms with Gasteiger partial charge < -0.3 is 15.4 Å². The molecule has 25 heavy (non-hydrogen) atoms. The average Bonchev–Trinajstić information content (AvgIpc) is 2.57. The van der Waals surface area contributed by atoms with Crippen LogP contribution in [0.25, 0.3) is 10.9 Å². The first-order valence-corrected chi connectivity index (χ1v) is 9.07. The molecule has 134 valence electrons. The predicted molar refractivity (Wildman–Crippen MR) is 96.1 cm³/mol. The summed E-state index contributed by atoms with van der Waals surface area (Å²) in [6, 6.07) is 5.58. The highest BCUT2D eigenvalue weighted by molar-refractivity contribution is 7.98. The van der Waals surface area contributed by atoms with Crippen molar-refractivity contribution < 1.29 is 14.7 Å². The maximum Gasteiger partial charge on any atom is 0.329 e. The van der Waals surface area contributed by atoms with Crippen molar-refractivity contribution in [1.82, 2.24) is 14.9 Å². The zero-order valence-electron chi connectivity index (χ0n) is 13.7. The number of aliphatic carboxylic acids is 1. The van der Waals surface area contributed by atoms with E-state index >= 15 is 0 Å². The van der Waals surface area contributed by atoms with Crippen molar-refractivity contribution in [2.24, 2.45) is 0 Å². The third-order valence-corrected chi connectivity index (χ3v) is 4.33. The maximum absolute atomic E-state index is 12.7. The van der Waals surface area contributed by atoms with Crippen molar-refractivity contribution >= 4 is 34.5 Å². The van der Waals surface area contributed by atoms with Crippen LogP contribution in [0.1, 0.15) is 18.9 Å². The van der Waals surface area contributed by atoms with E-state index in [9.17, 15) is 19.2 Å². The number of para-hydroxylation sites is 1. The second-order valence-corrected chi connectivity index (χ2v) is 6.37. The lowest BCUT2D eigenvalue weighted by Crippen LogP contribution is -2.45. The molecular formula is C16H19N3O5S. The lowest BCUT2D eigenvalue weighted by atomic mass is 10.2. The molecule has 0 fully saturated rings. The summed E-state index contributed by atoms with van der Waals surface area (Å²) >= 11 is 1.48. The van der Waals surface area contributed by atoms with Crippen molar-refractivity contribution in [3.63, 3.8) is 0 Å². The van der Waals surface area contributed by atoms with E-state index in [0.717, 1.165) is 4.57 Å². The number of carbonyl (C=O) groups excluding carboxylic acids is 1. The Morgan fingerprint density at radius 3 is 2.72 bits per heavy atom. The number of fused-ring (bicyclic) bond motifs is 1. The summed E-state index contributed by atoms with van der Waals surface area (Å²) in [5.74, 6) is -1.02. The number of nitrogens with zero attached hydrogens (tertiary/aromatic N) is 1. The fourth-order valence-electron chi connectivity index (χ4n) is 2.48. The van der Waals surface area contributed by atoms with Crippen LogP contribution in [0.15, 0.2) is 33.9 Å². The number of carboxylic acids is 1. The number of aromatic amines is 1. The molecule has 8 nitrogen and oxygen atoms in total. The van der Waals surface area contributed by atoms with Crippen molar-refractivity contribution in [2.45, 2.75) is 18.9 Å². The Labute approximate surface area is 147 Å². The zero-order valence-corrected chi connectivity index (χ0v) is 14.5. The number of carboxylic acid groups (broad SMARTS) is 1. The van der Waals surface area contributed by atoms with Gasteiger partial charge in [-0.25, -0.2) is 9.36 Å². The predicted octanol–water partition coefficient (Wildman–Crippen LogP) is 0.575. The molecule has 3 N–H and O–H groups in total. The van der Waals surface area contributed by atoms with Crippen molar-refractivity contribution in [1.29, 1.82) is 0 Å². The van der Waals surface area contributed by atoms with Crippen LogP contribution in [0.5, 0.6) is 0 Å². The Bertz CT molecular complexity index is 889. The van der Waals surface area contributed by atoms with Gasteiger partial charge in [0.25, 0.3) is 5.56 Å². The summed E-state index contributed by atoms with van der Waals surface area (Å²) in [5.41, 5.74) is -0.800. The second kappa shape index (κ2) is 8.52. The summed E-state index contributed by atoms with van der Waals surface area (Å²) < 4.78 is 0.911. The van der Waals surface area contributed by atoms with Crippen LogP contribution in [0.3, 0.4) is 0 Å². The molecule has 1 aromatic heterocycles. The van der Waals surface area contributed by atoms with E-state index in [1.807, 2.05) is 6.26 Å². The fourth-order valence-corrected chi connectivity index (χ4v) is 2.94. The summed E-state index contributed by atoms with van der Waals surface area (Å²) in [7, 11) is 0. The second-order valence-electron chi connectivity index (χ2n) is 5.38. The summed E-state index contributed by atoms with van der Waals surface area (Å²) in [6.07, 6.45) is 1.90. The van der Waals surface area contributed by atoms with Crippen molar-refractivity contribution in [3.8, 4) is 0 Å². The highest BCUT2D eigenvalue weighted by Gasteiger charge is 2.24. The monoisotopic (exact) mass is 365 g/mol. The Hall–Kier alpha value is -2.55. The van der Waals surface area contributed by atoms with Crippen LogP contribution in [0.4, 0.5) is 0 Å². The van der Waals surface area contributed by atoms with Gasteiger partial charge in [-0.3, -0.25) is 14.4 Å². The molecule has 0 aliphatic carbocycles. The molecule has 0 unspecified atom stereocenters. The Morgan fingerprint density at radius 1 is 1.32 bits per heavy atom. The van der Waals surface area contributed by atoms with Gasteiger partial charge in [-0.05, 0) is 30.6 Å². The quantitative estimate of drug-likeness (QED) is 0.629. The summed E-state index contributed by atoms with van der Waals surface area (Å²) in [6.45, 7) is -0.0653. The van der Waals surface area contributed by atoms with Gasteiger partial charge in [0.15, 0.2) is 0 Å². The van der Waals surface area contributed by atoms with Gasteiger partial charge in [0, 0.05) is 6.54 Å². The molecule has 0 radical (unpaired) electrons. The van der Waals surface area contributed by atoms with Crippen LogP contribution in [0, 0.1) is 0 Å². The highest BCUT2D eigenvalue weighted by Crippen LogP contribution is 2.13. The molecule has 0 aliphatic rings. The lowest BCUT2D eigenvalue weighted by molar-refractivity contribution is -0.137. The smallest absolute Gasteiger partial charge is 0.329 e. The highest BCUT2D eigenvalue weighted by atomic mass is 32.2. The number of carbonyl (C=O) groups is 2. The number of rotatable bonds is 8. The van der Waals surface area contributed by atoms with Gasteiger partial charge in [-0.1, -0.05) is 12.1 Å². The number of H-pyrrole nitrogens is 1. The third-order valence-electron chi connectivity index (χ3n) is 3.68. The number of hydrogen-bond donors (Lipinski definition) is 3. The number of hydrogen-bond acceptors (Lipinski definition) is 5. The van der Waals surface area contributed by atoms with Crippen LogP contribution in [-0.4, -0.2) is 45.1 Å². The van der Waals surface area contributed by atoms with E-state index in [1.54, 1.807) is 24.3 Å². The zero-order chi connectivity index (χ0) is 18.4. The van der Waals surface area contributed by atoms with Gasteiger partial charge in [0.05, 0.1) is 17.3 Å². The largest absolute Gasteiger partial charge is 0.481 e. The molecule has 2 rings (SSSR count). The molecule has 0 saturated heterocycles. The maximum atomic E-state index is 12.7. The lowest BCUT2D eigenvalue weighted by Gasteiger charge is -2.18. The fraction of sp³-hybridized carbons (Fsp3) is 0.375. The van der Waals surface area contributed by atoms with E-state index in [1.165, 1.54) is 11.8 Å². The van der Waals surface area contributed by atoms with Gasteiger partial charge in [0.2, 0.25) is 5.91 Å². The number of nitrogens with one attached hydrogen (secondary N) is 2. The molecule has 1 atom stereocenters. The van der Waals surface area contributed by atoms with Gasteiger partial charge in [-0.2, -0.15) is 11.8 Å². The first-order valence-electron chi connectivity index (χ1n) is 7.67. The van der Waals surface area contributed by atoms with Gasteiger partial charge in [0.1, 0.15) is 6.04 Å². The number of aromatic nitrogens is 2. The van der Waals surface area contributed by atoms with Crippen molar-refractivity contribution in [2.75, 3.05) is 18.6 Å². The molecular weight excluding hydrogens is 346 g/mol. The van der Waals surface area contributed by atoms with Crippen LogP contribution < -0.4 is 16.6 Å². The van der Waals surface area contributed by atoms with Crippen LogP contribution in [-0.2, 0) is 9.59 Å². The summed E-state index contributed by atoms with van der Waals surface area (Å²) in [5, 5.41) is 11.5. The molecule has 2 aromatic rings. The van der Waals surface area contributed by atoms with E-state index in [4.69, 9.17) is 5.11 Å². The molecule has 0 spiro atoms. The third kappa shape index (κ3) is 4.50. The van der Waals surface area contributed by atoms with E-state index in [0.29, 0.717) is 16.7 Å². The van der Waals surface area contributed by atoms with E-state index < -0.39 is 29.2 Å². The molecule has 0 aliphatic heterocycles. The van der Waals surface area contributed by atoms with Gasteiger partial charge >= 0.3 is 11.7 Å². The molecule has 9 heteroatoms. The number of thioether (sulfide) groups is 1. The first kappa shape index (κ1) is 18.8. The summed E-state index contributed by atoms with van der Waals surface area (Å²) in [4.78, 5) is 50.7. The molecule has 0 bridgehead atoms. The number of benzene rings is 1. The molecule has 1 heterocycles. The Kier molecular flexibility index (Phi) is 6.40. The minimum atomic E-state index is -1.04.